The van der Waals surface area contributed by atoms with Crippen molar-refractivity contribution >= 4 is 48.4 Å². The van der Waals surface area contributed by atoms with Gasteiger partial charge in [-0.3, -0.25) is 14.5 Å². The fourth-order valence-electron chi connectivity index (χ4n) is 3.43. The molecule has 2 rings (SSSR count). The second-order valence-electron chi connectivity index (χ2n) is 9.97. The maximum atomic E-state index is 13.2. The molecule has 2 fully saturated rings. The maximum absolute atomic E-state index is 13.2. The van der Waals surface area contributed by atoms with Gasteiger partial charge in [-0.1, -0.05) is 51.7 Å². The zero-order valence-corrected chi connectivity index (χ0v) is 20.6. The van der Waals surface area contributed by atoms with Gasteiger partial charge < -0.3 is 9.74 Å². The highest BCUT2D eigenvalue weighted by atomic mass is 32.2. The highest BCUT2D eigenvalue weighted by Crippen LogP contribution is 2.40. The third kappa shape index (κ3) is 4.28. The molecule has 2 aliphatic heterocycles. The van der Waals surface area contributed by atoms with Crippen LogP contribution in [0.25, 0.3) is 0 Å². The predicted octanol–water partition coefficient (Wildman–Crippen LogP) is 3.79. The molecule has 4 unspecified atom stereocenters. The molecule has 0 aromatic rings. The van der Waals surface area contributed by atoms with E-state index in [0.29, 0.717) is 4.32 Å². The summed E-state index contributed by atoms with van der Waals surface area (Å²) in [5.74, 6) is 0.127. The average molecular weight is 431 g/mol. The number of carbonyl (C=O) groups excluding carboxylic acids is 2. The Morgan fingerprint density at radius 3 is 2.33 bits per heavy atom. The van der Waals surface area contributed by atoms with Gasteiger partial charge in [0.05, 0.1) is 29.5 Å². The largest absolute Gasteiger partial charge is 0.413 e. The summed E-state index contributed by atoms with van der Waals surface area (Å²) < 4.78 is 7.08. The van der Waals surface area contributed by atoms with Gasteiger partial charge >= 0.3 is 0 Å². The number of nitrogens with zero attached hydrogens (tertiary/aromatic N) is 1. The standard InChI is InChI=1S/C19H34N2O3S2Si/c1-11(16(23)21-17(25)26-10-19(21,6)7)14-13(15(22)20-14)12(2)24-27(8,9)18(3,4)5/h11-14H,10H2,1-9H3,(H,20,22). The molecule has 2 amide bonds. The molecule has 2 heterocycles. The van der Waals surface area contributed by atoms with Gasteiger partial charge in [0.25, 0.3) is 0 Å². The summed E-state index contributed by atoms with van der Waals surface area (Å²) in [6.45, 7) is 18.8. The number of β-lactam (4-membered cyclic amide) rings is 1. The molecule has 2 saturated heterocycles. The highest BCUT2D eigenvalue weighted by molar-refractivity contribution is 8.23. The molecule has 4 atom stereocenters. The number of hydrogen-bond donors (Lipinski definition) is 1. The summed E-state index contributed by atoms with van der Waals surface area (Å²) in [6, 6.07) is -0.214. The van der Waals surface area contributed by atoms with Crippen molar-refractivity contribution in [2.45, 2.75) is 84.3 Å². The Balaban J connectivity index is 2.13. The average Bonchev–Trinajstić information content (AvgIpc) is 2.74. The summed E-state index contributed by atoms with van der Waals surface area (Å²) >= 11 is 6.95. The first-order valence-electron chi connectivity index (χ1n) is 9.59. The Bertz CT molecular complexity index is 645. The molecule has 27 heavy (non-hydrogen) atoms. The van der Waals surface area contributed by atoms with Crippen molar-refractivity contribution in [3.8, 4) is 0 Å². The van der Waals surface area contributed by atoms with Gasteiger partial charge in [-0.05, 0) is 38.9 Å². The minimum atomic E-state index is -1.99. The second-order valence-corrected chi connectivity index (χ2v) is 16.3. The molecule has 1 N–H and O–H groups in total. The molecule has 8 heteroatoms. The Labute approximate surface area is 174 Å². The summed E-state index contributed by atoms with van der Waals surface area (Å²) in [5.41, 5.74) is -0.292. The molecule has 0 spiro atoms. The van der Waals surface area contributed by atoms with E-state index in [1.165, 1.54) is 0 Å². The minimum absolute atomic E-state index is 0.00970. The van der Waals surface area contributed by atoms with Crippen LogP contribution in [0.1, 0.15) is 48.5 Å². The molecule has 0 saturated carbocycles. The monoisotopic (exact) mass is 430 g/mol. The van der Waals surface area contributed by atoms with Crippen LogP contribution in [0.4, 0.5) is 0 Å². The van der Waals surface area contributed by atoms with Gasteiger partial charge in [-0.15, -0.1) is 0 Å². The predicted molar refractivity (Wildman–Crippen MR) is 118 cm³/mol. The number of thioether (sulfide) groups is 1. The van der Waals surface area contributed by atoms with E-state index in [2.05, 4.69) is 39.2 Å². The van der Waals surface area contributed by atoms with Crippen molar-refractivity contribution < 1.29 is 14.0 Å². The van der Waals surface area contributed by atoms with Crippen LogP contribution in [0.2, 0.25) is 18.1 Å². The fourth-order valence-corrected chi connectivity index (χ4v) is 6.45. The van der Waals surface area contributed by atoms with Gasteiger partial charge in [0.1, 0.15) is 4.32 Å². The lowest BCUT2D eigenvalue weighted by molar-refractivity contribution is -0.147. The molecule has 0 aliphatic carbocycles. The Morgan fingerprint density at radius 2 is 1.93 bits per heavy atom. The van der Waals surface area contributed by atoms with Gasteiger partial charge in [0, 0.05) is 5.75 Å². The van der Waals surface area contributed by atoms with E-state index >= 15 is 0 Å². The van der Waals surface area contributed by atoms with E-state index in [1.807, 2.05) is 27.7 Å². The molecule has 5 nitrogen and oxygen atoms in total. The van der Waals surface area contributed by atoms with Crippen molar-refractivity contribution in [1.82, 2.24) is 10.2 Å². The van der Waals surface area contributed by atoms with Crippen LogP contribution >= 0.6 is 24.0 Å². The van der Waals surface area contributed by atoms with Crippen LogP contribution in [0.15, 0.2) is 0 Å². The van der Waals surface area contributed by atoms with Crippen molar-refractivity contribution in [2.75, 3.05) is 5.75 Å². The number of carbonyl (C=O) groups is 2. The smallest absolute Gasteiger partial charge is 0.233 e. The SMILES string of the molecule is CC(O[Si](C)(C)C(C)(C)C)C1C(=O)NC1C(C)C(=O)N1C(=S)SCC1(C)C. The van der Waals surface area contributed by atoms with Crippen LogP contribution in [-0.4, -0.2) is 52.8 Å². The first kappa shape index (κ1) is 22.8. The summed E-state index contributed by atoms with van der Waals surface area (Å²) in [7, 11) is -1.99. The van der Waals surface area contributed by atoms with Crippen LogP contribution in [0.5, 0.6) is 0 Å². The van der Waals surface area contributed by atoms with Gasteiger partial charge in [0.2, 0.25) is 11.8 Å². The van der Waals surface area contributed by atoms with Crippen LogP contribution in [0.3, 0.4) is 0 Å². The normalized spacial score (nSPS) is 27.8. The number of nitrogens with one attached hydrogen (secondary N) is 1. The molecule has 0 aromatic carbocycles. The number of rotatable bonds is 5. The third-order valence-electron chi connectivity index (χ3n) is 6.28. The van der Waals surface area contributed by atoms with Gasteiger partial charge in [0.15, 0.2) is 8.32 Å². The van der Waals surface area contributed by atoms with Crippen LogP contribution < -0.4 is 5.32 Å². The van der Waals surface area contributed by atoms with E-state index < -0.39 is 8.32 Å². The van der Waals surface area contributed by atoms with E-state index in [1.54, 1.807) is 16.7 Å². The minimum Gasteiger partial charge on any atom is -0.413 e. The number of thiocarbonyl (C=S) groups is 1. The van der Waals surface area contributed by atoms with E-state index in [-0.39, 0.29) is 46.4 Å². The van der Waals surface area contributed by atoms with Crippen molar-refractivity contribution in [2.24, 2.45) is 11.8 Å². The maximum Gasteiger partial charge on any atom is 0.233 e. The van der Waals surface area contributed by atoms with E-state index in [4.69, 9.17) is 16.6 Å². The molecule has 2 aliphatic rings. The molecule has 0 radical (unpaired) electrons. The quantitative estimate of drug-likeness (QED) is 0.408. The van der Waals surface area contributed by atoms with Crippen molar-refractivity contribution in [1.29, 1.82) is 0 Å². The highest BCUT2D eigenvalue weighted by Gasteiger charge is 2.52. The first-order valence-corrected chi connectivity index (χ1v) is 13.9. The molecule has 0 aromatic heterocycles. The van der Waals surface area contributed by atoms with Gasteiger partial charge in [-0.2, -0.15) is 0 Å². The summed E-state index contributed by atoms with van der Waals surface area (Å²) in [4.78, 5) is 27.2. The summed E-state index contributed by atoms with van der Waals surface area (Å²) in [6.07, 6.45) is -0.215. The topological polar surface area (TPSA) is 58.6 Å². The number of hydrogen-bond acceptors (Lipinski definition) is 5. The lowest BCUT2D eigenvalue weighted by Crippen LogP contribution is -2.68. The molecule has 0 bridgehead atoms. The first-order chi connectivity index (χ1) is 12.1. The Hall–Kier alpha value is -0.443. The Kier molecular flexibility index (Phi) is 6.28. The lowest BCUT2D eigenvalue weighted by Gasteiger charge is -2.47. The zero-order chi connectivity index (χ0) is 20.9. The van der Waals surface area contributed by atoms with Crippen LogP contribution in [0, 0.1) is 11.8 Å². The molecular formula is C19H34N2O3S2Si. The zero-order valence-electron chi connectivity index (χ0n) is 18.0. The second kappa shape index (κ2) is 7.43. The Morgan fingerprint density at radius 1 is 1.37 bits per heavy atom. The summed E-state index contributed by atoms with van der Waals surface area (Å²) in [5, 5.41) is 3.01. The lowest BCUT2D eigenvalue weighted by atomic mass is 9.78. The fraction of sp³-hybridized carbons (Fsp3) is 0.842. The molecule has 154 valence electrons. The van der Waals surface area contributed by atoms with Gasteiger partial charge in [-0.25, -0.2) is 0 Å². The van der Waals surface area contributed by atoms with E-state index in [0.717, 1.165) is 5.75 Å². The number of amides is 2. The van der Waals surface area contributed by atoms with E-state index in [9.17, 15) is 9.59 Å². The van der Waals surface area contributed by atoms with Crippen LogP contribution in [-0.2, 0) is 14.0 Å². The molecular weight excluding hydrogens is 396 g/mol. The third-order valence-corrected chi connectivity index (χ3v) is 12.7. The van der Waals surface area contributed by atoms with Crippen molar-refractivity contribution in [3.05, 3.63) is 0 Å². The van der Waals surface area contributed by atoms with Crippen molar-refractivity contribution in [3.63, 3.8) is 0 Å².